The van der Waals surface area contributed by atoms with Crippen LogP contribution < -0.4 is 5.32 Å². The van der Waals surface area contributed by atoms with Crippen LogP contribution in [0.25, 0.3) is 11.5 Å². The predicted octanol–water partition coefficient (Wildman–Crippen LogP) is 3.46. The molecule has 1 saturated heterocycles. The third-order valence-electron chi connectivity index (χ3n) is 3.92. The molecular weight excluding hydrogens is 379 g/mol. The standard InChI is InChI=1S/C16H12Cl2N6O2/c17-11-2-1-10(5-12(11)18)21-16(25)24-7-9(8-24)15-22-14(23-26-15)13-6-19-3-4-20-13/h1-6,9H,7-8H2,(H,21,25). The quantitative estimate of drug-likeness (QED) is 0.735. The Morgan fingerprint density at radius 1 is 1.23 bits per heavy atom. The first-order chi connectivity index (χ1) is 12.6. The van der Waals surface area contributed by atoms with Gasteiger partial charge in [0.15, 0.2) is 0 Å². The highest BCUT2D eigenvalue weighted by Crippen LogP contribution is 2.29. The van der Waals surface area contributed by atoms with Crippen LogP contribution in [0.5, 0.6) is 0 Å². The monoisotopic (exact) mass is 390 g/mol. The maximum atomic E-state index is 12.2. The summed E-state index contributed by atoms with van der Waals surface area (Å²) in [5, 5.41) is 7.50. The molecule has 0 aliphatic carbocycles. The van der Waals surface area contributed by atoms with Crippen molar-refractivity contribution in [3.8, 4) is 11.5 Å². The molecule has 0 radical (unpaired) electrons. The highest BCUT2D eigenvalue weighted by atomic mass is 35.5. The third-order valence-corrected chi connectivity index (χ3v) is 4.66. The Balaban J connectivity index is 1.36. The number of likely N-dealkylation sites (tertiary alicyclic amines) is 1. The van der Waals surface area contributed by atoms with E-state index < -0.39 is 0 Å². The van der Waals surface area contributed by atoms with Crippen molar-refractivity contribution in [2.24, 2.45) is 0 Å². The zero-order valence-corrected chi connectivity index (χ0v) is 14.8. The number of hydrogen-bond acceptors (Lipinski definition) is 6. The number of carbonyl (C=O) groups excluding carboxylic acids is 1. The lowest BCUT2D eigenvalue weighted by Crippen LogP contribution is -2.50. The molecule has 10 heteroatoms. The number of rotatable bonds is 3. The molecule has 26 heavy (non-hydrogen) atoms. The van der Waals surface area contributed by atoms with Crippen LogP contribution in [0, 0.1) is 0 Å². The molecule has 0 bridgehead atoms. The molecule has 1 aliphatic heterocycles. The van der Waals surface area contributed by atoms with E-state index in [1.165, 1.54) is 0 Å². The molecule has 3 heterocycles. The van der Waals surface area contributed by atoms with Gasteiger partial charge in [0.1, 0.15) is 5.69 Å². The van der Waals surface area contributed by atoms with Gasteiger partial charge in [-0.05, 0) is 18.2 Å². The molecule has 2 aromatic heterocycles. The maximum absolute atomic E-state index is 12.2. The van der Waals surface area contributed by atoms with Crippen molar-refractivity contribution in [3.05, 3.63) is 52.7 Å². The predicted molar refractivity (Wildman–Crippen MR) is 95.1 cm³/mol. The van der Waals surface area contributed by atoms with Crippen molar-refractivity contribution in [2.45, 2.75) is 5.92 Å². The summed E-state index contributed by atoms with van der Waals surface area (Å²) in [5.41, 5.74) is 1.12. The molecule has 2 amide bonds. The first-order valence-corrected chi connectivity index (χ1v) is 8.47. The first-order valence-electron chi connectivity index (χ1n) is 7.71. The van der Waals surface area contributed by atoms with E-state index in [2.05, 4.69) is 25.4 Å². The Hall–Kier alpha value is -2.71. The summed E-state index contributed by atoms with van der Waals surface area (Å²) in [5.74, 6) is 0.850. The number of benzene rings is 1. The van der Waals surface area contributed by atoms with E-state index in [1.807, 2.05) is 0 Å². The fourth-order valence-corrected chi connectivity index (χ4v) is 2.79. The average molecular weight is 391 g/mol. The Morgan fingerprint density at radius 2 is 2.08 bits per heavy atom. The van der Waals surface area contributed by atoms with E-state index in [9.17, 15) is 4.79 Å². The van der Waals surface area contributed by atoms with Gasteiger partial charge in [-0.25, -0.2) is 9.78 Å². The number of nitrogens with one attached hydrogen (secondary N) is 1. The minimum atomic E-state index is -0.228. The topological polar surface area (TPSA) is 97.0 Å². The zero-order valence-electron chi connectivity index (χ0n) is 13.3. The molecule has 1 aromatic carbocycles. The lowest BCUT2D eigenvalue weighted by Gasteiger charge is -2.36. The number of halogens is 2. The van der Waals surface area contributed by atoms with Crippen molar-refractivity contribution in [3.63, 3.8) is 0 Å². The second kappa shape index (κ2) is 6.89. The van der Waals surface area contributed by atoms with Crippen LogP contribution in [0.2, 0.25) is 10.0 Å². The number of hydrogen-bond donors (Lipinski definition) is 1. The summed E-state index contributed by atoms with van der Waals surface area (Å²) >= 11 is 11.8. The second-order valence-corrected chi connectivity index (χ2v) is 6.52. The molecule has 0 atom stereocenters. The Morgan fingerprint density at radius 3 is 2.81 bits per heavy atom. The van der Waals surface area contributed by atoms with Gasteiger partial charge in [-0.1, -0.05) is 28.4 Å². The number of urea groups is 1. The number of carbonyl (C=O) groups is 1. The van der Waals surface area contributed by atoms with Crippen LogP contribution in [0.15, 0.2) is 41.3 Å². The van der Waals surface area contributed by atoms with Gasteiger partial charge in [-0.2, -0.15) is 4.98 Å². The fraction of sp³-hybridized carbons (Fsp3) is 0.188. The smallest absolute Gasteiger partial charge is 0.321 e. The molecule has 0 unspecified atom stereocenters. The van der Waals surface area contributed by atoms with Gasteiger partial charge < -0.3 is 14.7 Å². The first kappa shape index (κ1) is 16.7. The van der Waals surface area contributed by atoms with E-state index >= 15 is 0 Å². The van der Waals surface area contributed by atoms with Gasteiger partial charge in [0.2, 0.25) is 11.7 Å². The molecule has 0 spiro atoms. The van der Waals surface area contributed by atoms with Crippen LogP contribution in [0.1, 0.15) is 11.8 Å². The van der Waals surface area contributed by atoms with E-state index in [0.717, 1.165) is 0 Å². The molecule has 132 valence electrons. The van der Waals surface area contributed by atoms with Crippen molar-refractivity contribution in [2.75, 3.05) is 18.4 Å². The molecule has 1 N–H and O–H groups in total. The van der Waals surface area contributed by atoms with Crippen LogP contribution >= 0.6 is 23.2 Å². The van der Waals surface area contributed by atoms with Gasteiger partial charge in [0.05, 0.1) is 22.2 Å². The summed E-state index contributed by atoms with van der Waals surface area (Å²) in [4.78, 5) is 26.3. The van der Waals surface area contributed by atoms with Gasteiger partial charge in [0.25, 0.3) is 0 Å². The molecular formula is C16H12Cl2N6O2. The Kier molecular flexibility index (Phi) is 4.44. The summed E-state index contributed by atoms with van der Waals surface area (Å²) < 4.78 is 5.28. The number of amides is 2. The summed E-state index contributed by atoms with van der Waals surface area (Å²) in [6.07, 6.45) is 4.69. The van der Waals surface area contributed by atoms with Crippen molar-refractivity contribution >= 4 is 34.9 Å². The highest BCUT2D eigenvalue weighted by Gasteiger charge is 2.35. The molecule has 3 aromatic rings. The van der Waals surface area contributed by atoms with Crippen molar-refractivity contribution in [1.82, 2.24) is 25.0 Å². The maximum Gasteiger partial charge on any atom is 0.321 e. The Bertz CT molecular complexity index is 943. The normalized spacial score (nSPS) is 14.2. The summed E-state index contributed by atoms with van der Waals surface area (Å²) in [6, 6.07) is 4.69. The van der Waals surface area contributed by atoms with Crippen LogP contribution in [-0.4, -0.2) is 44.1 Å². The molecule has 4 rings (SSSR count). The average Bonchev–Trinajstić information content (AvgIpc) is 3.07. The molecule has 0 saturated carbocycles. The Labute approximate surface area is 158 Å². The number of anilines is 1. The third kappa shape index (κ3) is 3.33. The largest absolute Gasteiger partial charge is 0.338 e. The highest BCUT2D eigenvalue weighted by molar-refractivity contribution is 6.42. The minimum absolute atomic E-state index is 0.00697. The van der Waals surface area contributed by atoms with Crippen molar-refractivity contribution < 1.29 is 9.32 Å². The van der Waals surface area contributed by atoms with Crippen LogP contribution in [0.3, 0.4) is 0 Å². The SMILES string of the molecule is O=C(Nc1ccc(Cl)c(Cl)c1)N1CC(c2nc(-c3cnccn3)no2)C1. The fourth-order valence-electron chi connectivity index (χ4n) is 2.50. The number of nitrogens with zero attached hydrogens (tertiary/aromatic N) is 5. The van der Waals surface area contributed by atoms with Gasteiger partial charge in [-0.15, -0.1) is 0 Å². The molecule has 1 aliphatic rings. The van der Waals surface area contributed by atoms with E-state index in [1.54, 1.807) is 41.7 Å². The van der Waals surface area contributed by atoms with Crippen molar-refractivity contribution in [1.29, 1.82) is 0 Å². The van der Waals surface area contributed by atoms with Gasteiger partial charge >= 0.3 is 6.03 Å². The van der Waals surface area contributed by atoms with E-state index in [4.69, 9.17) is 27.7 Å². The zero-order chi connectivity index (χ0) is 18.1. The van der Waals surface area contributed by atoms with Gasteiger partial charge in [0, 0.05) is 31.2 Å². The van der Waals surface area contributed by atoms with Crippen LogP contribution in [-0.2, 0) is 0 Å². The van der Waals surface area contributed by atoms with Gasteiger partial charge in [-0.3, -0.25) is 4.98 Å². The van der Waals surface area contributed by atoms with E-state index in [-0.39, 0.29) is 11.9 Å². The summed E-state index contributed by atoms with van der Waals surface area (Å²) in [6.45, 7) is 0.963. The minimum Gasteiger partial charge on any atom is -0.338 e. The lowest BCUT2D eigenvalue weighted by molar-refractivity contribution is 0.147. The lowest BCUT2D eigenvalue weighted by atomic mass is 10.0. The number of aromatic nitrogens is 4. The molecule has 8 nitrogen and oxygen atoms in total. The second-order valence-electron chi connectivity index (χ2n) is 5.71. The van der Waals surface area contributed by atoms with Crippen LogP contribution in [0.4, 0.5) is 10.5 Å². The molecule has 1 fully saturated rings. The van der Waals surface area contributed by atoms with E-state index in [0.29, 0.717) is 46.2 Å². The summed E-state index contributed by atoms with van der Waals surface area (Å²) in [7, 11) is 0.